The topological polar surface area (TPSA) is 153 Å². The molecule has 0 aromatic heterocycles. The van der Waals surface area contributed by atoms with Gasteiger partial charge in [-0.2, -0.15) is 0 Å². The Balaban J connectivity index is 0. The van der Waals surface area contributed by atoms with Gasteiger partial charge >= 0.3 is 11.9 Å². The molecule has 1 amide bonds. The third-order valence-electron chi connectivity index (χ3n) is 7.69. The number of amides is 1. The molecule has 0 saturated heterocycles. The second-order valence-corrected chi connectivity index (χ2v) is 12.1. The molecule has 0 aliphatic heterocycles. The molecule has 0 aliphatic carbocycles. The number of hydrogen-bond acceptors (Lipinski definition) is 7. The summed E-state index contributed by atoms with van der Waals surface area (Å²) in [6.45, 7) is 4.47. The maximum atomic E-state index is 11.5. The van der Waals surface area contributed by atoms with Crippen molar-refractivity contribution < 1.29 is 29.0 Å². The Hall–Kier alpha value is -1.96. The van der Waals surface area contributed by atoms with Crippen LogP contribution in [0.15, 0.2) is 0 Å². The van der Waals surface area contributed by atoms with E-state index in [-0.39, 0.29) is 25.2 Å². The number of carboxylic acid groups (broad SMARTS) is 1. The number of unbranched alkanes of at least 4 members (excludes halogenated alkanes) is 22. The number of rotatable bonds is 30. The Labute approximate surface area is 263 Å². The third kappa shape index (κ3) is 38.0. The number of carboxylic acids is 1. The molecule has 0 spiro atoms. The van der Waals surface area contributed by atoms with Gasteiger partial charge in [0.05, 0.1) is 0 Å². The van der Waals surface area contributed by atoms with Gasteiger partial charge in [-0.15, -0.1) is 0 Å². The van der Waals surface area contributed by atoms with E-state index in [1.54, 1.807) is 0 Å². The van der Waals surface area contributed by atoms with Gasteiger partial charge in [0.2, 0.25) is 5.91 Å². The van der Waals surface area contributed by atoms with Gasteiger partial charge in [-0.25, -0.2) is 4.79 Å². The molecule has 254 valence electrons. The molecule has 0 rings (SSSR count). The van der Waals surface area contributed by atoms with Crippen molar-refractivity contribution in [1.82, 2.24) is 0 Å². The highest BCUT2D eigenvalue weighted by Gasteiger charge is 2.18. The lowest BCUT2D eigenvalue weighted by atomic mass is 10.0. The summed E-state index contributed by atoms with van der Waals surface area (Å²) >= 11 is 0. The van der Waals surface area contributed by atoms with Crippen molar-refractivity contribution in [2.24, 2.45) is 11.5 Å². The van der Waals surface area contributed by atoms with Gasteiger partial charge in [0.15, 0.2) is 0 Å². The predicted molar refractivity (Wildman–Crippen MR) is 174 cm³/mol. The fourth-order valence-electron chi connectivity index (χ4n) is 4.88. The quantitative estimate of drug-likeness (QED) is 0.0482. The molecule has 8 heteroatoms. The lowest BCUT2D eigenvalue weighted by Gasteiger charge is -2.10. The highest BCUT2D eigenvalue weighted by Crippen LogP contribution is 2.14. The zero-order chi connectivity index (χ0) is 32.4. The molecule has 0 fully saturated rings. The number of carbonyl (C=O) groups excluding carboxylic acids is 4. The molecular weight excluding hydrogens is 544 g/mol. The minimum atomic E-state index is -1.28. The van der Waals surface area contributed by atoms with E-state index in [2.05, 4.69) is 18.6 Å². The zero-order valence-electron chi connectivity index (χ0n) is 28.0. The summed E-state index contributed by atoms with van der Waals surface area (Å²) in [5.41, 5.74) is 10.5. The van der Waals surface area contributed by atoms with Crippen LogP contribution in [-0.2, 0) is 23.9 Å². The van der Waals surface area contributed by atoms with E-state index < -0.39 is 23.9 Å². The second kappa shape index (κ2) is 34.5. The summed E-state index contributed by atoms with van der Waals surface area (Å²) in [4.78, 5) is 43.7. The first-order valence-corrected chi connectivity index (χ1v) is 17.7. The van der Waals surface area contributed by atoms with Gasteiger partial charge in [0.1, 0.15) is 6.04 Å². The summed E-state index contributed by atoms with van der Waals surface area (Å²) < 4.78 is 4.60. The maximum absolute atomic E-state index is 11.5. The van der Waals surface area contributed by atoms with Gasteiger partial charge in [-0.05, 0) is 25.7 Å². The molecule has 0 heterocycles. The molecule has 8 nitrogen and oxygen atoms in total. The van der Waals surface area contributed by atoms with Crippen LogP contribution in [0, 0.1) is 0 Å². The van der Waals surface area contributed by atoms with Gasteiger partial charge in [-0.1, -0.05) is 155 Å². The van der Waals surface area contributed by atoms with Crippen LogP contribution in [0.3, 0.4) is 0 Å². The molecule has 1 atom stereocenters. The summed E-state index contributed by atoms with van der Waals surface area (Å²) in [6, 6.07) is -1.10. The molecule has 0 aromatic carbocycles. The van der Waals surface area contributed by atoms with Crippen LogP contribution in [0.1, 0.15) is 194 Å². The van der Waals surface area contributed by atoms with Crippen LogP contribution >= 0.6 is 0 Å². The van der Waals surface area contributed by atoms with E-state index in [0.717, 1.165) is 19.3 Å². The van der Waals surface area contributed by atoms with Crippen LogP contribution in [-0.4, -0.2) is 29.9 Å². The van der Waals surface area contributed by atoms with Crippen molar-refractivity contribution in [3.05, 3.63) is 0 Å². The fraction of sp³-hybridized carbons (Fsp3) is 0.886. The van der Waals surface area contributed by atoms with Crippen molar-refractivity contribution in [2.45, 2.75) is 200 Å². The smallest absolute Gasteiger partial charge is 0.330 e. The number of hydrogen-bond donors (Lipinski definition) is 2. The number of primary amides is 1. The first-order chi connectivity index (χ1) is 20.7. The highest BCUT2D eigenvalue weighted by molar-refractivity contribution is 5.88. The van der Waals surface area contributed by atoms with E-state index in [9.17, 15) is 24.3 Å². The lowest BCUT2D eigenvalue weighted by molar-refractivity contribution is -0.305. The SMILES string of the molecule is CCCCCCCCCCCC(=O)OC(=O)C(N)CCC(=O)[O-].CCCCCCCCCCCCCCCCCC(N)=O. The maximum Gasteiger partial charge on any atom is 0.330 e. The van der Waals surface area contributed by atoms with Crippen molar-refractivity contribution in [2.75, 3.05) is 0 Å². The minimum Gasteiger partial charge on any atom is -0.550 e. The van der Waals surface area contributed by atoms with Crippen molar-refractivity contribution in [1.29, 1.82) is 0 Å². The summed E-state index contributed by atoms with van der Waals surface area (Å²) in [5, 5.41) is 10.3. The molecule has 4 N–H and O–H groups in total. The van der Waals surface area contributed by atoms with E-state index in [4.69, 9.17) is 11.5 Å². The first-order valence-electron chi connectivity index (χ1n) is 17.7. The molecule has 1 unspecified atom stereocenters. The van der Waals surface area contributed by atoms with E-state index in [0.29, 0.717) is 12.8 Å². The number of aliphatic carboxylic acids is 1. The second-order valence-electron chi connectivity index (χ2n) is 12.1. The highest BCUT2D eigenvalue weighted by atomic mass is 16.6. The monoisotopic (exact) mass is 612 g/mol. The first kappa shape index (κ1) is 43.2. The summed E-state index contributed by atoms with van der Waals surface area (Å²) in [7, 11) is 0. The zero-order valence-corrected chi connectivity index (χ0v) is 28.0. The molecule has 43 heavy (non-hydrogen) atoms. The summed E-state index contributed by atoms with van der Waals surface area (Å²) in [5.74, 6) is -2.90. The number of nitrogens with two attached hydrogens (primary N) is 2. The largest absolute Gasteiger partial charge is 0.550 e. The van der Waals surface area contributed by atoms with Crippen LogP contribution in [0.2, 0.25) is 0 Å². The lowest BCUT2D eigenvalue weighted by Crippen LogP contribution is -2.35. The summed E-state index contributed by atoms with van der Waals surface area (Å²) in [6.07, 6.45) is 30.9. The Morgan fingerprint density at radius 1 is 0.535 bits per heavy atom. The van der Waals surface area contributed by atoms with Crippen LogP contribution in [0.5, 0.6) is 0 Å². The molecule has 0 radical (unpaired) electrons. The molecular formula is C35H67N2O6-. The Kier molecular flexibility index (Phi) is 34.7. The third-order valence-corrected chi connectivity index (χ3v) is 7.69. The van der Waals surface area contributed by atoms with Gasteiger partial charge in [0, 0.05) is 18.8 Å². The average Bonchev–Trinajstić information content (AvgIpc) is 2.97. The standard InChI is InChI=1S/C18H37NO.C17H31NO5/c1-2-3-4-5-6-7-8-9-10-11-12-13-14-15-16-17-18(19)20;1-2-3-4-5-6-7-8-9-10-11-16(21)23-17(22)14(18)12-13-15(19)20/h2-17H2,1H3,(H2,19,20);14H,2-13,18H2,1H3,(H,19,20)/p-1. The van der Waals surface area contributed by atoms with Crippen LogP contribution < -0.4 is 16.6 Å². The van der Waals surface area contributed by atoms with Crippen LogP contribution in [0.4, 0.5) is 0 Å². The van der Waals surface area contributed by atoms with Crippen molar-refractivity contribution >= 4 is 23.8 Å². The van der Waals surface area contributed by atoms with Crippen molar-refractivity contribution in [3.63, 3.8) is 0 Å². The van der Waals surface area contributed by atoms with E-state index >= 15 is 0 Å². The van der Waals surface area contributed by atoms with Gasteiger partial charge < -0.3 is 26.1 Å². The van der Waals surface area contributed by atoms with E-state index in [1.807, 2.05) is 0 Å². The minimum absolute atomic E-state index is 0.0908. The van der Waals surface area contributed by atoms with Crippen LogP contribution in [0.25, 0.3) is 0 Å². The normalized spacial score (nSPS) is 11.4. The van der Waals surface area contributed by atoms with Crippen molar-refractivity contribution in [3.8, 4) is 0 Å². The number of carbonyl (C=O) groups is 4. The fourth-order valence-corrected chi connectivity index (χ4v) is 4.88. The Morgan fingerprint density at radius 3 is 1.19 bits per heavy atom. The molecule has 0 aromatic rings. The number of esters is 2. The Bertz CT molecular complexity index is 671. The molecule has 0 bridgehead atoms. The Morgan fingerprint density at radius 2 is 0.860 bits per heavy atom. The van der Waals surface area contributed by atoms with Gasteiger partial charge in [0.25, 0.3) is 0 Å². The van der Waals surface area contributed by atoms with E-state index in [1.165, 1.54) is 128 Å². The predicted octanol–water partition coefficient (Wildman–Crippen LogP) is 7.57. The number of ether oxygens (including phenoxy) is 1. The van der Waals surface area contributed by atoms with Gasteiger partial charge in [-0.3, -0.25) is 9.59 Å². The molecule has 0 aliphatic rings. The molecule has 0 saturated carbocycles. The average molecular weight is 612 g/mol.